The number of carbonyl (C=O) groups excluding carboxylic acids is 4. The minimum absolute atomic E-state index is 0.676. The van der Waals surface area contributed by atoms with Crippen LogP contribution in [0.3, 0.4) is 0 Å². The van der Waals surface area contributed by atoms with Crippen LogP contribution in [0, 0.1) is 5.92 Å². The van der Waals surface area contributed by atoms with E-state index >= 15 is 0 Å². The van der Waals surface area contributed by atoms with Crippen LogP contribution in [0.4, 0.5) is 13.2 Å². The first-order valence-corrected chi connectivity index (χ1v) is 7.76. The second-order valence-corrected chi connectivity index (χ2v) is 5.43. The Bertz CT molecular complexity index is 749. The Balaban J connectivity index is 3.29. The summed E-state index contributed by atoms with van der Waals surface area (Å²) in [5, 5.41) is 2.02. The summed E-state index contributed by atoms with van der Waals surface area (Å²) in [6.07, 6.45) is -5.51. The van der Waals surface area contributed by atoms with Gasteiger partial charge in [-0.25, -0.2) is 4.79 Å². The quantitative estimate of drug-likeness (QED) is 0.539. The number of nitrogens with one attached hydrogen (secondary N) is 1. The van der Waals surface area contributed by atoms with Gasteiger partial charge in [0.05, 0.1) is 44.8 Å². The molecule has 0 heterocycles. The molecule has 0 unspecified atom stereocenters. The molecule has 28 heavy (non-hydrogen) atoms. The molecule has 11 heteroatoms. The van der Waals surface area contributed by atoms with Gasteiger partial charge in [-0.3, -0.25) is 14.4 Å². The minimum atomic E-state index is -4.83. The summed E-state index contributed by atoms with van der Waals surface area (Å²) < 4.78 is 52.8. The number of halogens is 3. The number of ether oxygens (including phenoxy) is 3. The van der Waals surface area contributed by atoms with E-state index in [1.54, 1.807) is 0 Å². The molecular formula is C17H18F3NO7. The zero-order valence-corrected chi connectivity index (χ0v) is 15.2. The van der Waals surface area contributed by atoms with Crippen molar-refractivity contribution in [2.75, 3.05) is 21.3 Å². The molecule has 1 aromatic rings. The van der Waals surface area contributed by atoms with Gasteiger partial charge >= 0.3 is 24.1 Å². The minimum Gasteiger partial charge on any atom is -0.469 e. The molecule has 0 bridgehead atoms. The highest BCUT2D eigenvalue weighted by molar-refractivity contribution is 5.99. The molecule has 154 valence electrons. The van der Waals surface area contributed by atoms with Crippen LogP contribution in [-0.4, -0.2) is 51.2 Å². The van der Waals surface area contributed by atoms with Crippen molar-refractivity contribution in [2.45, 2.75) is 18.6 Å². The monoisotopic (exact) mass is 405 g/mol. The van der Waals surface area contributed by atoms with Crippen LogP contribution < -0.4 is 5.32 Å². The van der Waals surface area contributed by atoms with Gasteiger partial charge in [0.2, 0.25) is 0 Å². The number of carbonyl (C=O) groups is 4. The van der Waals surface area contributed by atoms with Crippen molar-refractivity contribution in [3.63, 3.8) is 0 Å². The van der Waals surface area contributed by atoms with E-state index in [9.17, 15) is 32.3 Å². The fourth-order valence-electron chi connectivity index (χ4n) is 2.35. The van der Waals surface area contributed by atoms with Crippen LogP contribution in [0.15, 0.2) is 24.3 Å². The number of hydrogen-bond acceptors (Lipinski definition) is 7. The average molecular weight is 405 g/mol. The fourth-order valence-corrected chi connectivity index (χ4v) is 2.35. The first kappa shape index (κ1) is 22.9. The van der Waals surface area contributed by atoms with E-state index in [-0.39, 0.29) is 0 Å². The third-order valence-corrected chi connectivity index (χ3v) is 3.74. The summed E-state index contributed by atoms with van der Waals surface area (Å²) in [6.45, 7) is 0. The van der Waals surface area contributed by atoms with Gasteiger partial charge in [-0.05, 0) is 12.1 Å². The molecule has 0 aliphatic carbocycles. The number of amides is 1. The average Bonchev–Trinajstić information content (AvgIpc) is 2.68. The van der Waals surface area contributed by atoms with E-state index in [0.717, 1.165) is 33.5 Å². The van der Waals surface area contributed by atoms with Crippen molar-refractivity contribution in [1.29, 1.82) is 0 Å². The van der Waals surface area contributed by atoms with Gasteiger partial charge in [-0.1, -0.05) is 12.1 Å². The molecule has 0 spiro atoms. The van der Waals surface area contributed by atoms with Gasteiger partial charge < -0.3 is 19.5 Å². The summed E-state index contributed by atoms with van der Waals surface area (Å²) in [5.41, 5.74) is -2.01. The van der Waals surface area contributed by atoms with Crippen LogP contribution in [0.5, 0.6) is 0 Å². The van der Waals surface area contributed by atoms with Crippen molar-refractivity contribution in [2.24, 2.45) is 5.92 Å². The fraction of sp³-hybridized carbons (Fsp3) is 0.412. The summed E-state index contributed by atoms with van der Waals surface area (Å²) in [7, 11) is 2.95. The van der Waals surface area contributed by atoms with Crippen molar-refractivity contribution < 1.29 is 46.6 Å². The molecule has 1 N–H and O–H groups in total. The molecule has 0 saturated heterocycles. The molecule has 8 nitrogen and oxygen atoms in total. The molecule has 0 aliphatic rings. The van der Waals surface area contributed by atoms with Crippen molar-refractivity contribution in [3.05, 3.63) is 35.4 Å². The van der Waals surface area contributed by atoms with Gasteiger partial charge in [-0.2, -0.15) is 13.2 Å². The summed E-state index contributed by atoms with van der Waals surface area (Å²) in [4.78, 5) is 48.1. The highest BCUT2D eigenvalue weighted by Gasteiger charge is 2.40. The maximum Gasteiger partial charge on any atom is 0.417 e. The number of alkyl halides is 3. The van der Waals surface area contributed by atoms with Crippen molar-refractivity contribution >= 4 is 23.8 Å². The van der Waals surface area contributed by atoms with E-state index in [1.807, 2.05) is 5.32 Å². The molecule has 0 radical (unpaired) electrons. The van der Waals surface area contributed by atoms with Gasteiger partial charge in [0.15, 0.2) is 0 Å². The lowest BCUT2D eigenvalue weighted by Gasteiger charge is -2.24. The molecule has 0 saturated carbocycles. The molecule has 1 amide bonds. The first-order chi connectivity index (χ1) is 13.1. The van der Waals surface area contributed by atoms with Crippen LogP contribution in [0.1, 0.15) is 22.3 Å². The highest BCUT2D eigenvalue weighted by Crippen LogP contribution is 2.32. The smallest absolute Gasteiger partial charge is 0.417 e. The Hall–Kier alpha value is -3.11. The molecule has 0 aromatic heterocycles. The summed E-state index contributed by atoms with van der Waals surface area (Å²) in [5.74, 6) is -5.99. The lowest BCUT2D eigenvalue weighted by Crippen LogP contribution is -2.50. The van der Waals surface area contributed by atoms with E-state index in [1.165, 1.54) is 6.07 Å². The van der Waals surface area contributed by atoms with E-state index in [4.69, 9.17) is 0 Å². The van der Waals surface area contributed by atoms with Gasteiger partial charge in [0.1, 0.15) is 6.04 Å². The predicted molar refractivity (Wildman–Crippen MR) is 86.9 cm³/mol. The number of esters is 3. The normalized spacial score (nSPS) is 13.1. The van der Waals surface area contributed by atoms with Crippen LogP contribution in [-0.2, 0) is 34.8 Å². The highest BCUT2D eigenvalue weighted by atomic mass is 19.4. The standard InChI is InChI=1S/C17H18F3NO7/c1-26-12(22)8-10(15(24)27-2)13(16(25)28-3)21-14(23)9-6-4-5-7-11(9)17(18,19)20/h4-7,10,13H,8H2,1-3H3,(H,21,23)/t10-,13-/m1/s1. The Morgan fingerprint density at radius 1 is 0.964 bits per heavy atom. The van der Waals surface area contributed by atoms with Crippen LogP contribution in [0.2, 0.25) is 0 Å². The van der Waals surface area contributed by atoms with E-state index < -0.39 is 59.5 Å². The first-order valence-electron chi connectivity index (χ1n) is 7.76. The van der Waals surface area contributed by atoms with Gasteiger partial charge in [0, 0.05) is 0 Å². The topological polar surface area (TPSA) is 108 Å². The lowest BCUT2D eigenvalue weighted by molar-refractivity contribution is -0.158. The summed E-state index contributed by atoms with van der Waals surface area (Å²) in [6, 6.07) is 2.09. The van der Waals surface area contributed by atoms with Crippen LogP contribution >= 0.6 is 0 Å². The lowest BCUT2D eigenvalue weighted by atomic mass is 9.95. The van der Waals surface area contributed by atoms with Crippen molar-refractivity contribution in [1.82, 2.24) is 5.32 Å². The number of hydrogen-bond donors (Lipinski definition) is 1. The number of benzene rings is 1. The van der Waals surface area contributed by atoms with Crippen molar-refractivity contribution in [3.8, 4) is 0 Å². The SMILES string of the molecule is COC(=O)C[C@@H](C(=O)OC)[C@@H](NC(=O)c1ccccc1C(F)(F)F)C(=O)OC. The summed E-state index contributed by atoms with van der Waals surface area (Å²) >= 11 is 0. The zero-order valence-electron chi connectivity index (χ0n) is 15.2. The number of methoxy groups -OCH3 is 3. The second kappa shape index (κ2) is 9.72. The third-order valence-electron chi connectivity index (χ3n) is 3.74. The van der Waals surface area contributed by atoms with E-state index in [2.05, 4.69) is 14.2 Å². The molecule has 1 aromatic carbocycles. The predicted octanol–water partition coefficient (Wildman–Crippen LogP) is 1.33. The zero-order chi connectivity index (χ0) is 21.5. The Morgan fingerprint density at radius 3 is 2.04 bits per heavy atom. The molecule has 0 fully saturated rings. The van der Waals surface area contributed by atoms with Crippen LogP contribution in [0.25, 0.3) is 0 Å². The largest absolute Gasteiger partial charge is 0.469 e. The Kier molecular flexibility index (Phi) is 7.96. The van der Waals surface area contributed by atoms with Gasteiger partial charge in [0.25, 0.3) is 5.91 Å². The second-order valence-electron chi connectivity index (χ2n) is 5.43. The third kappa shape index (κ3) is 5.69. The van der Waals surface area contributed by atoms with Gasteiger partial charge in [-0.15, -0.1) is 0 Å². The number of rotatable bonds is 7. The molecule has 1 rings (SSSR count). The Labute approximate surface area is 157 Å². The molecular weight excluding hydrogens is 387 g/mol. The maximum absolute atomic E-state index is 13.1. The maximum atomic E-state index is 13.1. The Morgan fingerprint density at radius 2 is 1.54 bits per heavy atom. The molecule has 2 atom stereocenters. The molecule has 0 aliphatic heterocycles. The van der Waals surface area contributed by atoms with E-state index in [0.29, 0.717) is 6.07 Å².